The molecule has 0 aliphatic heterocycles. The summed E-state index contributed by atoms with van der Waals surface area (Å²) < 4.78 is 32.5. The quantitative estimate of drug-likeness (QED) is 0.0128. The van der Waals surface area contributed by atoms with Crippen LogP contribution in [-0.4, -0.2) is 82.3 Å². The zero-order valence-corrected chi connectivity index (χ0v) is 38.9. The molecule has 0 fully saturated rings. The van der Waals surface area contributed by atoms with E-state index in [9.17, 15) is 34.1 Å². The highest BCUT2D eigenvalue weighted by Gasteiger charge is 2.28. The summed E-state index contributed by atoms with van der Waals surface area (Å²) in [5, 5.41) is 28.9. The van der Waals surface area contributed by atoms with Gasteiger partial charge in [0.2, 0.25) is 0 Å². The van der Waals surface area contributed by atoms with Crippen LogP contribution in [0.25, 0.3) is 0 Å². The van der Waals surface area contributed by atoms with E-state index in [-0.39, 0.29) is 12.8 Å². The highest BCUT2D eigenvalue weighted by molar-refractivity contribution is 7.47. The van der Waals surface area contributed by atoms with Crippen LogP contribution < -0.4 is 5.73 Å². The first-order chi connectivity index (χ1) is 30.9. The van der Waals surface area contributed by atoms with Crippen LogP contribution in [0.4, 0.5) is 0 Å². The summed E-state index contributed by atoms with van der Waals surface area (Å²) in [6.45, 7) is 2.26. The lowest BCUT2D eigenvalue weighted by molar-refractivity contribution is -0.161. The summed E-state index contributed by atoms with van der Waals surface area (Å²) >= 11 is 0. The normalized spacial score (nSPS) is 15.8. The van der Waals surface area contributed by atoms with Gasteiger partial charge in [0.15, 0.2) is 6.10 Å². The zero-order chi connectivity index (χ0) is 47.4. The average Bonchev–Trinajstić information content (AvgIpc) is 3.26. The van der Waals surface area contributed by atoms with Gasteiger partial charge in [-0.25, -0.2) is 4.57 Å². The Hall–Kier alpha value is -4.46. The maximum absolute atomic E-state index is 12.6. The Morgan fingerprint density at radius 1 is 0.562 bits per heavy atom. The molecule has 14 heteroatoms. The maximum atomic E-state index is 12.6. The molecule has 358 valence electrons. The van der Waals surface area contributed by atoms with E-state index in [4.69, 9.17) is 24.8 Å². The Kier molecular flexibility index (Phi) is 39.5. The lowest BCUT2D eigenvalue weighted by Crippen LogP contribution is -2.34. The van der Waals surface area contributed by atoms with Gasteiger partial charge in [-0.1, -0.05) is 154 Å². The van der Waals surface area contributed by atoms with E-state index >= 15 is 0 Å². The predicted octanol–water partition coefficient (Wildman–Crippen LogP) is 10.1. The largest absolute Gasteiger partial charge is 0.480 e. The fourth-order valence-corrected chi connectivity index (χ4v) is 5.83. The summed E-state index contributed by atoms with van der Waals surface area (Å²) in [5.74, 6) is -2.63. The van der Waals surface area contributed by atoms with Crippen LogP contribution in [-0.2, 0) is 37.5 Å². The molecule has 0 aromatic rings. The monoisotopic (exact) mass is 914 g/mol. The number of ether oxygens (including phenoxy) is 2. The number of allylic oxidation sites excluding steroid dienone is 18. The van der Waals surface area contributed by atoms with E-state index in [1.807, 2.05) is 37.3 Å². The van der Waals surface area contributed by atoms with Gasteiger partial charge in [0.1, 0.15) is 12.6 Å². The van der Waals surface area contributed by atoms with Crippen molar-refractivity contribution in [1.82, 2.24) is 0 Å². The molecule has 0 aromatic carbocycles. The molecule has 0 amide bonds. The molecule has 0 aliphatic rings. The summed E-state index contributed by atoms with van der Waals surface area (Å²) in [6, 6.07) is -1.56. The number of phosphoric ester groups is 1. The first kappa shape index (κ1) is 59.5. The number of carboxylic acids is 1. The van der Waals surface area contributed by atoms with E-state index in [0.717, 1.165) is 57.8 Å². The van der Waals surface area contributed by atoms with Crippen LogP contribution in [0, 0.1) is 0 Å². The number of carboxylic acid groups (broad SMARTS) is 1. The average molecular weight is 914 g/mol. The van der Waals surface area contributed by atoms with Gasteiger partial charge in [0.05, 0.1) is 25.4 Å². The molecule has 0 aliphatic carbocycles. The van der Waals surface area contributed by atoms with Crippen molar-refractivity contribution >= 4 is 25.7 Å². The minimum absolute atomic E-state index is 0.0232. The Morgan fingerprint density at radius 2 is 1.03 bits per heavy atom. The molecule has 0 saturated heterocycles. The van der Waals surface area contributed by atoms with Gasteiger partial charge in [0, 0.05) is 12.8 Å². The third-order valence-corrected chi connectivity index (χ3v) is 9.52. The molecule has 1 unspecified atom stereocenters. The van der Waals surface area contributed by atoms with Gasteiger partial charge in [-0.3, -0.25) is 23.4 Å². The molecular weight excluding hydrogens is 838 g/mol. The molecule has 0 rings (SSSR count). The van der Waals surface area contributed by atoms with Crippen molar-refractivity contribution in [2.45, 2.75) is 141 Å². The lowest BCUT2D eigenvalue weighted by atomic mass is 10.1. The Morgan fingerprint density at radius 3 is 1.58 bits per heavy atom. The summed E-state index contributed by atoms with van der Waals surface area (Å²) in [5.41, 5.74) is 5.32. The standard InChI is InChI=1S/C50H76NO12P/c1-3-5-7-8-9-10-11-12-13-14-15-16-17-18-19-20-21-26-34-40-49(55)63-46(42-61-64(58,59)62-43-47(51)50(56)57)41-60-48(54)39-33-25-23-22-24-30-36-45(53)38-32-28-27-31-37-44(52)35-29-6-4-2/h5-7,9-10,12-13,15-16,18-19,23-25,27-32,37-38,44-47,52-53H,3-4,8,11,14,17,20-22,26,33-36,39-43,51H2,1-2H3,(H,56,57)(H,58,59)/b7-5-,10-9-,13-12-,16-15-,19-18-,25-23-,28-27-,29-6-,30-24-,37-31+,38-32+/t44-,45+,46-,47+/m1/s1. The number of nitrogens with two attached hydrogens (primary N) is 1. The number of carbonyl (C=O) groups is 3. The maximum Gasteiger partial charge on any atom is 0.472 e. The van der Waals surface area contributed by atoms with Crippen LogP contribution in [0.3, 0.4) is 0 Å². The van der Waals surface area contributed by atoms with E-state index in [1.54, 1.807) is 42.5 Å². The Labute approximate surface area is 382 Å². The van der Waals surface area contributed by atoms with Crippen molar-refractivity contribution in [2.24, 2.45) is 5.73 Å². The Bertz CT molecular complexity index is 1620. The fraction of sp³-hybridized carbons (Fsp3) is 0.500. The van der Waals surface area contributed by atoms with E-state index in [1.165, 1.54) is 0 Å². The van der Waals surface area contributed by atoms with Crippen molar-refractivity contribution in [1.29, 1.82) is 0 Å². The third kappa shape index (κ3) is 41.5. The van der Waals surface area contributed by atoms with Gasteiger partial charge in [-0.2, -0.15) is 0 Å². The minimum atomic E-state index is -4.78. The van der Waals surface area contributed by atoms with Crippen LogP contribution in [0.5, 0.6) is 0 Å². The number of unbranched alkanes of at least 4 members (excludes halogenated alkanes) is 3. The molecule has 0 aromatic heterocycles. The SMILES string of the molecule is CC/C=C\C/C=C\C/C=C\C/C=C\C/C=C\CCCCCC(=O)O[C@H](COC(=O)CC/C=C\C/C=C\C[C@H](O)/C=C/C=C\C=C\[C@H](O)C/C=C\CC)COP(=O)(O)OC[C@H](N)C(=O)O. The first-order valence-electron chi connectivity index (χ1n) is 22.4. The topological polar surface area (TPSA) is 212 Å². The van der Waals surface area contributed by atoms with Crippen molar-refractivity contribution in [3.63, 3.8) is 0 Å². The van der Waals surface area contributed by atoms with Crippen LogP contribution in [0.15, 0.2) is 134 Å². The molecule has 5 atom stereocenters. The van der Waals surface area contributed by atoms with Crippen LogP contribution >= 0.6 is 7.82 Å². The number of esters is 2. The second-order valence-corrected chi connectivity index (χ2v) is 15.9. The van der Waals surface area contributed by atoms with E-state index in [2.05, 4.69) is 72.2 Å². The second kappa shape index (κ2) is 42.5. The molecular formula is C50H76NO12P. The van der Waals surface area contributed by atoms with Gasteiger partial charge in [-0.05, 0) is 83.5 Å². The molecule has 0 radical (unpaired) electrons. The summed E-state index contributed by atoms with van der Waals surface area (Å²) in [6.07, 6.45) is 51.6. The fourth-order valence-electron chi connectivity index (χ4n) is 5.05. The predicted molar refractivity (Wildman–Crippen MR) is 256 cm³/mol. The van der Waals surface area contributed by atoms with Crippen LogP contribution in [0.1, 0.15) is 117 Å². The first-order valence-corrected chi connectivity index (χ1v) is 23.9. The van der Waals surface area contributed by atoms with Crippen molar-refractivity contribution in [2.75, 3.05) is 19.8 Å². The summed E-state index contributed by atoms with van der Waals surface area (Å²) in [7, 11) is -4.78. The molecule has 0 spiro atoms. The highest BCUT2D eigenvalue weighted by Crippen LogP contribution is 2.43. The zero-order valence-electron chi connectivity index (χ0n) is 38.0. The number of phosphoric acid groups is 1. The van der Waals surface area contributed by atoms with Gasteiger partial charge >= 0.3 is 25.7 Å². The number of aliphatic carboxylic acids is 1. The van der Waals surface area contributed by atoms with Crippen molar-refractivity contribution < 1.29 is 57.7 Å². The number of rotatable bonds is 39. The summed E-state index contributed by atoms with van der Waals surface area (Å²) in [4.78, 5) is 46.0. The van der Waals surface area contributed by atoms with Gasteiger partial charge in [-0.15, -0.1) is 0 Å². The molecule has 0 bridgehead atoms. The van der Waals surface area contributed by atoms with Gasteiger partial charge in [0.25, 0.3) is 0 Å². The van der Waals surface area contributed by atoms with E-state index < -0.39 is 69.9 Å². The van der Waals surface area contributed by atoms with E-state index in [0.29, 0.717) is 32.1 Å². The second-order valence-electron chi connectivity index (χ2n) is 14.5. The number of hydrogen-bond donors (Lipinski definition) is 5. The number of hydrogen-bond acceptors (Lipinski definition) is 11. The molecule has 13 nitrogen and oxygen atoms in total. The minimum Gasteiger partial charge on any atom is -0.480 e. The Balaban J connectivity index is 4.66. The number of aliphatic hydroxyl groups excluding tert-OH is 2. The third-order valence-electron chi connectivity index (χ3n) is 8.57. The highest BCUT2D eigenvalue weighted by atomic mass is 31.2. The number of aliphatic hydroxyl groups is 2. The van der Waals surface area contributed by atoms with Gasteiger partial charge < -0.3 is 35.4 Å². The molecule has 0 heterocycles. The molecule has 6 N–H and O–H groups in total. The smallest absolute Gasteiger partial charge is 0.472 e. The van der Waals surface area contributed by atoms with Crippen molar-refractivity contribution in [3.8, 4) is 0 Å². The lowest BCUT2D eigenvalue weighted by Gasteiger charge is -2.20. The van der Waals surface area contributed by atoms with Crippen LogP contribution in [0.2, 0.25) is 0 Å². The molecule has 0 saturated carbocycles. The molecule has 64 heavy (non-hydrogen) atoms. The number of carbonyl (C=O) groups excluding carboxylic acids is 2. The van der Waals surface area contributed by atoms with Crippen molar-refractivity contribution in [3.05, 3.63) is 134 Å².